The highest BCUT2D eigenvalue weighted by Gasteiger charge is 2.41. The summed E-state index contributed by atoms with van der Waals surface area (Å²) in [4.78, 5) is 1.19. The summed E-state index contributed by atoms with van der Waals surface area (Å²) >= 11 is 0. The number of rotatable bonds is 6. The Labute approximate surface area is 81.7 Å². The molecule has 0 bridgehead atoms. The number of nitrogens with two attached hydrogens (primary N) is 1. The number of likely N-dealkylation sites (N-methyl/N-ethyl adjacent to an activating group) is 1. The fourth-order valence-corrected chi connectivity index (χ4v) is 1.37. The van der Waals surface area contributed by atoms with Crippen LogP contribution in [-0.2, 0) is 0 Å². The van der Waals surface area contributed by atoms with Gasteiger partial charge in [-0.1, -0.05) is 6.92 Å². The van der Waals surface area contributed by atoms with Gasteiger partial charge in [0.2, 0.25) is 0 Å². The number of hydrogen-bond donors (Lipinski definition) is 2. The highest BCUT2D eigenvalue weighted by atomic mass is 19.4. The Balaban J connectivity index is 4.43. The van der Waals surface area contributed by atoms with E-state index in [1.807, 2.05) is 0 Å². The second-order valence-electron chi connectivity index (χ2n) is 2.99. The summed E-state index contributed by atoms with van der Waals surface area (Å²) < 4.78 is 37.5. The third kappa shape index (κ3) is 4.26. The van der Waals surface area contributed by atoms with Gasteiger partial charge >= 0.3 is 6.18 Å². The number of hydrogen-bond acceptors (Lipinski definition) is 3. The molecule has 0 aliphatic heterocycles. The Morgan fingerprint density at radius 1 is 1.43 bits per heavy atom. The van der Waals surface area contributed by atoms with Gasteiger partial charge in [-0.25, -0.2) is 0 Å². The predicted molar refractivity (Wildman–Crippen MR) is 47.8 cm³/mol. The Hall–Kier alpha value is -0.330. The number of alkyl halides is 3. The summed E-state index contributed by atoms with van der Waals surface area (Å²) in [7, 11) is 0. The molecule has 0 saturated carbocycles. The van der Waals surface area contributed by atoms with Crippen LogP contribution < -0.4 is 5.73 Å². The van der Waals surface area contributed by atoms with Gasteiger partial charge in [0, 0.05) is 6.54 Å². The third-order valence-corrected chi connectivity index (χ3v) is 2.05. The van der Waals surface area contributed by atoms with Crippen molar-refractivity contribution in [2.45, 2.75) is 25.6 Å². The lowest BCUT2D eigenvalue weighted by Crippen LogP contribution is -2.47. The molecule has 0 amide bonds. The lowest BCUT2D eigenvalue weighted by atomic mass is 10.1. The van der Waals surface area contributed by atoms with E-state index in [4.69, 9.17) is 10.8 Å². The van der Waals surface area contributed by atoms with Crippen molar-refractivity contribution < 1.29 is 18.3 Å². The zero-order valence-corrected chi connectivity index (χ0v) is 8.22. The predicted octanol–water partition coefficient (Wildman–Crippen LogP) is 0.580. The van der Waals surface area contributed by atoms with E-state index < -0.39 is 12.2 Å². The molecule has 0 spiro atoms. The van der Waals surface area contributed by atoms with E-state index in [2.05, 4.69) is 0 Å². The second-order valence-corrected chi connectivity index (χ2v) is 2.99. The maximum Gasteiger partial charge on any atom is 0.404 e. The number of halogens is 3. The van der Waals surface area contributed by atoms with Crippen LogP contribution in [0.15, 0.2) is 0 Å². The van der Waals surface area contributed by atoms with Gasteiger partial charge in [0.15, 0.2) is 0 Å². The van der Waals surface area contributed by atoms with E-state index in [1.54, 1.807) is 6.92 Å². The zero-order valence-electron chi connectivity index (χ0n) is 8.22. The number of nitrogens with zero attached hydrogens (tertiary/aromatic N) is 1. The zero-order chi connectivity index (χ0) is 11.2. The van der Waals surface area contributed by atoms with Crippen molar-refractivity contribution in [1.82, 2.24) is 4.90 Å². The Kier molecular flexibility index (Phi) is 6.06. The van der Waals surface area contributed by atoms with E-state index in [1.165, 1.54) is 4.90 Å². The summed E-state index contributed by atoms with van der Waals surface area (Å²) in [5.74, 6) is 0. The molecule has 14 heavy (non-hydrogen) atoms. The molecule has 0 aliphatic rings. The average Bonchev–Trinajstić information content (AvgIpc) is 2.09. The van der Waals surface area contributed by atoms with Crippen molar-refractivity contribution in [2.75, 3.05) is 26.2 Å². The largest absolute Gasteiger partial charge is 0.404 e. The van der Waals surface area contributed by atoms with E-state index >= 15 is 0 Å². The monoisotopic (exact) mass is 214 g/mol. The normalized spacial score (nSPS) is 14.8. The van der Waals surface area contributed by atoms with Crippen LogP contribution in [0.2, 0.25) is 0 Å². The van der Waals surface area contributed by atoms with Crippen molar-refractivity contribution >= 4 is 0 Å². The molecule has 86 valence electrons. The molecule has 0 rings (SSSR count). The van der Waals surface area contributed by atoms with E-state index in [-0.39, 0.29) is 32.7 Å². The van der Waals surface area contributed by atoms with Crippen LogP contribution >= 0.6 is 0 Å². The highest BCUT2D eigenvalue weighted by Crippen LogP contribution is 2.26. The molecule has 0 aromatic rings. The van der Waals surface area contributed by atoms with Crippen molar-refractivity contribution in [2.24, 2.45) is 5.73 Å². The average molecular weight is 214 g/mol. The van der Waals surface area contributed by atoms with E-state index in [0.717, 1.165) is 0 Å². The van der Waals surface area contributed by atoms with Gasteiger partial charge < -0.3 is 10.8 Å². The first-order valence-corrected chi connectivity index (χ1v) is 4.59. The van der Waals surface area contributed by atoms with Gasteiger partial charge in [0.25, 0.3) is 0 Å². The maximum absolute atomic E-state index is 12.5. The van der Waals surface area contributed by atoms with Gasteiger partial charge in [-0.3, -0.25) is 4.90 Å². The Morgan fingerprint density at radius 3 is 2.29 bits per heavy atom. The maximum atomic E-state index is 12.5. The van der Waals surface area contributed by atoms with Gasteiger partial charge in [-0.2, -0.15) is 13.2 Å². The molecule has 0 aromatic carbocycles. The summed E-state index contributed by atoms with van der Waals surface area (Å²) in [6, 6.07) is -1.54. The summed E-state index contributed by atoms with van der Waals surface area (Å²) in [5, 5.41) is 8.61. The van der Waals surface area contributed by atoms with Crippen LogP contribution in [0.1, 0.15) is 13.3 Å². The first kappa shape index (κ1) is 13.7. The summed E-state index contributed by atoms with van der Waals surface area (Å²) in [5.41, 5.74) is 5.13. The van der Waals surface area contributed by atoms with Crippen molar-refractivity contribution in [3.8, 4) is 0 Å². The molecular weight excluding hydrogens is 197 g/mol. The molecule has 1 unspecified atom stereocenters. The minimum Gasteiger partial charge on any atom is -0.395 e. The topological polar surface area (TPSA) is 49.5 Å². The molecule has 1 atom stereocenters. The molecule has 0 aliphatic carbocycles. The summed E-state index contributed by atoms with van der Waals surface area (Å²) in [6.07, 6.45) is -4.40. The standard InChI is InChI=1S/C8H17F3N2O/c1-2-13(5-6-14)7(3-4-12)8(9,10)11/h7,14H,2-6,12H2,1H3. The van der Waals surface area contributed by atoms with Gasteiger partial charge in [-0.05, 0) is 19.5 Å². The van der Waals surface area contributed by atoms with Crippen molar-refractivity contribution in [1.29, 1.82) is 0 Å². The molecule has 0 fully saturated rings. The molecule has 3 N–H and O–H groups in total. The molecule has 0 radical (unpaired) electrons. The molecule has 0 aromatic heterocycles. The van der Waals surface area contributed by atoms with Crippen LogP contribution in [0, 0.1) is 0 Å². The van der Waals surface area contributed by atoms with E-state index in [0.29, 0.717) is 0 Å². The van der Waals surface area contributed by atoms with Crippen molar-refractivity contribution in [3.63, 3.8) is 0 Å². The lowest BCUT2D eigenvalue weighted by molar-refractivity contribution is -0.185. The van der Waals surface area contributed by atoms with Gasteiger partial charge in [-0.15, -0.1) is 0 Å². The van der Waals surface area contributed by atoms with Crippen LogP contribution in [0.4, 0.5) is 13.2 Å². The van der Waals surface area contributed by atoms with Crippen LogP contribution in [0.3, 0.4) is 0 Å². The molecule has 6 heteroatoms. The fourth-order valence-electron chi connectivity index (χ4n) is 1.37. The number of aliphatic hydroxyl groups excluding tert-OH is 1. The first-order valence-electron chi connectivity index (χ1n) is 4.59. The number of aliphatic hydroxyl groups is 1. The molecule has 0 saturated heterocycles. The van der Waals surface area contributed by atoms with Gasteiger partial charge in [0.05, 0.1) is 6.61 Å². The SMILES string of the molecule is CCN(CCO)C(CCN)C(F)(F)F. The molecular formula is C8H17F3N2O. The molecule has 0 heterocycles. The Morgan fingerprint density at radius 2 is 2.00 bits per heavy atom. The van der Waals surface area contributed by atoms with Crippen LogP contribution in [0.25, 0.3) is 0 Å². The fraction of sp³-hybridized carbons (Fsp3) is 1.00. The van der Waals surface area contributed by atoms with Crippen LogP contribution in [-0.4, -0.2) is 48.5 Å². The second kappa shape index (κ2) is 6.21. The van der Waals surface area contributed by atoms with E-state index in [9.17, 15) is 13.2 Å². The smallest absolute Gasteiger partial charge is 0.395 e. The van der Waals surface area contributed by atoms with Crippen LogP contribution in [0.5, 0.6) is 0 Å². The third-order valence-electron chi connectivity index (χ3n) is 2.05. The molecule has 3 nitrogen and oxygen atoms in total. The minimum absolute atomic E-state index is 0.00783. The lowest BCUT2D eigenvalue weighted by Gasteiger charge is -2.31. The first-order chi connectivity index (χ1) is 6.47. The Bertz CT molecular complexity index is 152. The quantitative estimate of drug-likeness (QED) is 0.680. The highest BCUT2D eigenvalue weighted by molar-refractivity contribution is 4.78. The minimum atomic E-state index is -4.27. The van der Waals surface area contributed by atoms with Crippen molar-refractivity contribution in [3.05, 3.63) is 0 Å². The summed E-state index contributed by atoms with van der Waals surface area (Å²) in [6.45, 7) is 1.63. The van der Waals surface area contributed by atoms with Gasteiger partial charge in [0.1, 0.15) is 6.04 Å².